The summed E-state index contributed by atoms with van der Waals surface area (Å²) in [6.07, 6.45) is 0.0595. The highest BCUT2D eigenvalue weighted by atomic mass is 32.2. The quantitative estimate of drug-likeness (QED) is 0.338. The van der Waals surface area contributed by atoms with Gasteiger partial charge in [-0.2, -0.15) is 4.98 Å². The van der Waals surface area contributed by atoms with E-state index in [0.717, 1.165) is 5.56 Å². The monoisotopic (exact) mass is 423 g/mol. The lowest BCUT2D eigenvalue weighted by atomic mass is 9.86. The van der Waals surface area contributed by atoms with Crippen molar-refractivity contribution in [1.29, 1.82) is 0 Å². The topological polar surface area (TPSA) is 104 Å². The number of phenolic OH excluding ortho intramolecular Hbond substituents is 2. The summed E-state index contributed by atoms with van der Waals surface area (Å²) in [5.74, 6) is -0.278. The molecule has 4 rings (SSSR count). The molecular weight excluding hydrogens is 402 g/mol. The van der Waals surface area contributed by atoms with Gasteiger partial charge in [0.05, 0.1) is 5.56 Å². The number of benzene rings is 2. The number of thioether (sulfide) groups is 1. The van der Waals surface area contributed by atoms with Crippen LogP contribution < -0.4 is 10.9 Å². The molecule has 1 unspecified atom stereocenters. The molecule has 2 aromatic carbocycles. The van der Waals surface area contributed by atoms with Gasteiger partial charge in [0.1, 0.15) is 5.82 Å². The van der Waals surface area contributed by atoms with Gasteiger partial charge in [0.25, 0.3) is 5.56 Å². The Bertz CT molecular complexity index is 1190. The largest absolute Gasteiger partial charge is 0.504 e. The zero-order valence-corrected chi connectivity index (χ0v) is 17.4. The van der Waals surface area contributed by atoms with Crippen LogP contribution >= 0.6 is 11.8 Å². The number of amides is 1. The zero-order valence-electron chi connectivity index (χ0n) is 16.5. The normalized spacial score (nSPS) is 15.5. The van der Waals surface area contributed by atoms with Crippen LogP contribution in [0.5, 0.6) is 11.5 Å². The van der Waals surface area contributed by atoms with E-state index in [2.05, 4.69) is 10.3 Å². The minimum absolute atomic E-state index is 0.0595. The number of carbonyl (C=O) groups is 1. The number of aromatic nitrogens is 2. The third-order valence-corrected chi connectivity index (χ3v) is 6.29. The molecule has 1 aromatic heterocycles. The standard InChI is InChI=1S/C22H21N3O4S/c1-12-3-5-13(6-4-12)11-30-22-24-21(29)19-15(10-18(28)23-20(19)25(22)2)14-7-8-16(26)17(27)9-14/h3-9,15,26-27H,10-11H2,1-2H3,(H,23,28). The van der Waals surface area contributed by atoms with Gasteiger partial charge in [-0.15, -0.1) is 0 Å². The lowest BCUT2D eigenvalue weighted by Gasteiger charge is -2.27. The van der Waals surface area contributed by atoms with Crippen molar-refractivity contribution in [3.63, 3.8) is 0 Å². The molecule has 0 saturated heterocycles. The van der Waals surface area contributed by atoms with E-state index in [4.69, 9.17) is 0 Å². The van der Waals surface area contributed by atoms with Crippen LogP contribution in [0.15, 0.2) is 52.4 Å². The van der Waals surface area contributed by atoms with Crippen LogP contribution in [0.25, 0.3) is 0 Å². The van der Waals surface area contributed by atoms with Crippen molar-refractivity contribution in [2.24, 2.45) is 7.05 Å². The number of hydrogen-bond acceptors (Lipinski definition) is 6. The predicted octanol–water partition coefficient (Wildman–Crippen LogP) is 3.27. The van der Waals surface area contributed by atoms with Crippen LogP contribution in [0.3, 0.4) is 0 Å². The first-order chi connectivity index (χ1) is 14.3. The fourth-order valence-corrected chi connectivity index (χ4v) is 4.46. The van der Waals surface area contributed by atoms with E-state index in [9.17, 15) is 19.8 Å². The van der Waals surface area contributed by atoms with Gasteiger partial charge in [-0.1, -0.05) is 47.7 Å². The second-order valence-electron chi connectivity index (χ2n) is 7.35. The van der Waals surface area contributed by atoms with Crippen molar-refractivity contribution in [1.82, 2.24) is 9.55 Å². The summed E-state index contributed by atoms with van der Waals surface area (Å²) < 4.78 is 1.72. The second kappa shape index (κ2) is 7.87. The Morgan fingerprint density at radius 3 is 2.57 bits per heavy atom. The predicted molar refractivity (Wildman–Crippen MR) is 115 cm³/mol. The molecule has 0 saturated carbocycles. The van der Waals surface area contributed by atoms with Crippen molar-refractivity contribution in [2.45, 2.75) is 30.2 Å². The van der Waals surface area contributed by atoms with Gasteiger partial charge in [0, 0.05) is 25.1 Å². The van der Waals surface area contributed by atoms with E-state index >= 15 is 0 Å². The van der Waals surface area contributed by atoms with Gasteiger partial charge in [-0.05, 0) is 30.2 Å². The fourth-order valence-electron chi connectivity index (χ4n) is 3.54. The Labute approximate surface area is 177 Å². The Morgan fingerprint density at radius 2 is 1.87 bits per heavy atom. The molecular formula is C22H21N3O4S. The van der Waals surface area contributed by atoms with Gasteiger partial charge in [-0.3, -0.25) is 9.59 Å². The molecule has 3 aromatic rings. The van der Waals surface area contributed by atoms with Gasteiger partial charge in [-0.25, -0.2) is 0 Å². The molecule has 0 fully saturated rings. The van der Waals surface area contributed by atoms with Crippen molar-refractivity contribution in [2.75, 3.05) is 5.32 Å². The maximum atomic E-state index is 12.9. The molecule has 0 spiro atoms. The van der Waals surface area contributed by atoms with Gasteiger partial charge in [0.15, 0.2) is 16.7 Å². The van der Waals surface area contributed by atoms with Gasteiger partial charge < -0.3 is 20.1 Å². The summed E-state index contributed by atoms with van der Waals surface area (Å²) in [4.78, 5) is 29.6. The van der Waals surface area contributed by atoms with E-state index in [0.29, 0.717) is 27.9 Å². The lowest BCUT2D eigenvalue weighted by molar-refractivity contribution is -0.116. The Morgan fingerprint density at radius 1 is 1.13 bits per heavy atom. The number of nitrogens with zero attached hydrogens (tertiary/aromatic N) is 2. The summed E-state index contributed by atoms with van der Waals surface area (Å²) >= 11 is 1.42. The average Bonchev–Trinajstić information content (AvgIpc) is 2.72. The van der Waals surface area contributed by atoms with Gasteiger partial charge >= 0.3 is 0 Å². The number of carbonyl (C=O) groups excluding carboxylic acids is 1. The van der Waals surface area contributed by atoms with Crippen LogP contribution in [0.1, 0.15) is 34.6 Å². The third kappa shape index (κ3) is 3.78. The van der Waals surface area contributed by atoms with E-state index < -0.39 is 11.5 Å². The maximum Gasteiger partial charge on any atom is 0.279 e. The minimum Gasteiger partial charge on any atom is -0.504 e. The molecule has 154 valence electrons. The molecule has 0 bridgehead atoms. The highest BCUT2D eigenvalue weighted by molar-refractivity contribution is 7.98. The molecule has 8 heteroatoms. The number of rotatable bonds is 4. The molecule has 30 heavy (non-hydrogen) atoms. The van der Waals surface area contributed by atoms with Crippen LogP contribution in [0.2, 0.25) is 0 Å². The Hall–Kier alpha value is -3.26. The number of nitrogens with one attached hydrogen (secondary N) is 1. The van der Waals surface area contributed by atoms with Crippen LogP contribution in [0.4, 0.5) is 5.82 Å². The van der Waals surface area contributed by atoms with E-state index in [-0.39, 0.29) is 23.8 Å². The molecule has 2 heterocycles. The number of phenols is 2. The van der Waals surface area contributed by atoms with Gasteiger partial charge in [0.2, 0.25) is 5.91 Å². The highest BCUT2D eigenvalue weighted by Crippen LogP contribution is 2.38. The smallest absolute Gasteiger partial charge is 0.279 e. The number of anilines is 1. The lowest BCUT2D eigenvalue weighted by Crippen LogP contribution is -2.33. The molecule has 7 nitrogen and oxygen atoms in total. The average molecular weight is 423 g/mol. The summed E-state index contributed by atoms with van der Waals surface area (Å²) in [5.41, 5.74) is 2.82. The molecule has 1 aliphatic heterocycles. The van der Waals surface area contributed by atoms with Crippen LogP contribution in [0, 0.1) is 6.92 Å². The highest BCUT2D eigenvalue weighted by Gasteiger charge is 2.32. The van der Waals surface area contributed by atoms with E-state index in [1.165, 1.54) is 29.5 Å². The Balaban J connectivity index is 1.71. The second-order valence-corrected chi connectivity index (χ2v) is 8.29. The molecule has 0 radical (unpaired) electrons. The molecule has 3 N–H and O–H groups in total. The van der Waals surface area contributed by atoms with Crippen LogP contribution in [-0.4, -0.2) is 25.7 Å². The van der Waals surface area contributed by atoms with E-state index in [1.807, 2.05) is 31.2 Å². The van der Waals surface area contributed by atoms with Crippen LogP contribution in [-0.2, 0) is 17.6 Å². The zero-order chi connectivity index (χ0) is 21.4. The summed E-state index contributed by atoms with van der Waals surface area (Å²) in [5, 5.41) is 22.7. The molecule has 0 aliphatic carbocycles. The first kappa shape index (κ1) is 20.0. The number of hydrogen-bond donors (Lipinski definition) is 3. The van der Waals surface area contributed by atoms with Crippen molar-refractivity contribution in [3.05, 3.63) is 75.1 Å². The third-order valence-electron chi connectivity index (χ3n) is 5.19. The van der Waals surface area contributed by atoms with E-state index in [1.54, 1.807) is 17.7 Å². The minimum atomic E-state index is -0.553. The maximum absolute atomic E-state index is 12.9. The first-order valence-electron chi connectivity index (χ1n) is 9.44. The number of aromatic hydroxyl groups is 2. The summed E-state index contributed by atoms with van der Waals surface area (Å²) in [7, 11) is 1.76. The molecule has 1 aliphatic rings. The SMILES string of the molecule is Cc1ccc(CSc2nc(=O)c3c(n2C)NC(=O)CC3c2ccc(O)c(O)c2)cc1. The summed E-state index contributed by atoms with van der Waals surface area (Å²) in [6.45, 7) is 2.03. The molecule has 1 amide bonds. The number of fused-ring (bicyclic) bond motifs is 1. The van der Waals surface area contributed by atoms with Crippen molar-refractivity contribution in [3.8, 4) is 11.5 Å². The fraction of sp³-hybridized carbons (Fsp3) is 0.227. The Kier molecular flexibility index (Phi) is 5.26. The van der Waals surface area contributed by atoms with Crippen molar-refractivity contribution < 1.29 is 15.0 Å². The summed E-state index contributed by atoms with van der Waals surface area (Å²) in [6, 6.07) is 12.5. The first-order valence-corrected chi connectivity index (χ1v) is 10.4. The molecule has 1 atom stereocenters. The van der Waals surface area contributed by atoms with Crippen molar-refractivity contribution >= 4 is 23.5 Å². The number of aryl methyl sites for hydroxylation is 1.